The van der Waals surface area contributed by atoms with Crippen molar-refractivity contribution < 1.29 is 14.3 Å². The molecule has 0 fully saturated rings. The summed E-state index contributed by atoms with van der Waals surface area (Å²) in [6.07, 6.45) is 4.13. The highest BCUT2D eigenvalue weighted by Gasteiger charge is 2.26. The van der Waals surface area contributed by atoms with E-state index in [0.29, 0.717) is 5.69 Å². The molecule has 0 spiro atoms. The molecule has 1 rings (SSSR count). The highest BCUT2D eigenvalue weighted by molar-refractivity contribution is 5.92. The van der Waals surface area contributed by atoms with Gasteiger partial charge in [-0.3, -0.25) is 0 Å². The summed E-state index contributed by atoms with van der Waals surface area (Å²) in [5, 5.41) is 5.45. The summed E-state index contributed by atoms with van der Waals surface area (Å²) < 4.78 is 4.76. The maximum atomic E-state index is 12.1. The Balaban J connectivity index is 2.61. The number of nitrogens with one attached hydrogen (secondary N) is 2. The zero-order valence-corrected chi connectivity index (χ0v) is 14.5. The Morgan fingerprint density at radius 3 is 2.35 bits per heavy atom. The summed E-state index contributed by atoms with van der Waals surface area (Å²) in [7, 11) is 1.33. The Hall–Kier alpha value is -2.04. The number of hydrogen-bond acceptors (Lipinski definition) is 3. The first-order valence-electron chi connectivity index (χ1n) is 8.26. The Kier molecular flexibility index (Phi) is 8.16. The molecule has 0 radical (unpaired) electrons. The minimum absolute atomic E-state index is 0.00428. The number of aryl methyl sites for hydroxylation is 1. The average molecular weight is 320 g/mol. The van der Waals surface area contributed by atoms with Gasteiger partial charge in [0.1, 0.15) is 6.04 Å². The van der Waals surface area contributed by atoms with Crippen molar-refractivity contribution in [2.45, 2.75) is 52.5 Å². The van der Waals surface area contributed by atoms with E-state index in [0.717, 1.165) is 25.7 Å². The van der Waals surface area contributed by atoms with Gasteiger partial charge in [0.15, 0.2) is 0 Å². The van der Waals surface area contributed by atoms with E-state index < -0.39 is 18.0 Å². The number of carbonyl (C=O) groups is 2. The second kappa shape index (κ2) is 9.87. The third kappa shape index (κ3) is 6.30. The molecule has 5 heteroatoms. The Labute approximate surface area is 138 Å². The van der Waals surface area contributed by atoms with Crippen molar-refractivity contribution in [3.63, 3.8) is 0 Å². The number of rotatable bonds is 8. The van der Waals surface area contributed by atoms with Gasteiger partial charge in [-0.15, -0.1) is 0 Å². The van der Waals surface area contributed by atoms with Gasteiger partial charge in [-0.2, -0.15) is 0 Å². The monoisotopic (exact) mass is 320 g/mol. The molecule has 2 amide bonds. The SMILES string of the molecule is CCCCc1ccc(NC(=O)NC(C(=O)OC)C(C)CC)cc1. The van der Waals surface area contributed by atoms with Gasteiger partial charge >= 0.3 is 12.0 Å². The Morgan fingerprint density at radius 2 is 1.83 bits per heavy atom. The maximum Gasteiger partial charge on any atom is 0.328 e. The van der Waals surface area contributed by atoms with E-state index in [1.807, 2.05) is 38.1 Å². The number of unbranched alkanes of at least 4 members (excludes halogenated alkanes) is 1. The first-order chi connectivity index (χ1) is 11.0. The molecule has 2 unspecified atom stereocenters. The molecule has 23 heavy (non-hydrogen) atoms. The number of amides is 2. The fourth-order valence-corrected chi connectivity index (χ4v) is 2.24. The number of hydrogen-bond donors (Lipinski definition) is 2. The largest absolute Gasteiger partial charge is 0.467 e. The Morgan fingerprint density at radius 1 is 1.17 bits per heavy atom. The van der Waals surface area contributed by atoms with E-state index in [1.54, 1.807) is 0 Å². The van der Waals surface area contributed by atoms with Crippen molar-refractivity contribution in [1.29, 1.82) is 0 Å². The van der Waals surface area contributed by atoms with E-state index in [2.05, 4.69) is 17.6 Å². The van der Waals surface area contributed by atoms with Crippen molar-refractivity contribution in [3.8, 4) is 0 Å². The molecule has 0 aliphatic heterocycles. The fourth-order valence-electron chi connectivity index (χ4n) is 2.24. The van der Waals surface area contributed by atoms with E-state index in [1.165, 1.54) is 12.7 Å². The van der Waals surface area contributed by atoms with Crippen LogP contribution < -0.4 is 10.6 Å². The molecule has 1 aromatic rings. The van der Waals surface area contributed by atoms with Crippen LogP contribution in [0.1, 0.15) is 45.6 Å². The van der Waals surface area contributed by atoms with Gasteiger partial charge in [0.25, 0.3) is 0 Å². The molecule has 0 saturated carbocycles. The molecular weight excluding hydrogens is 292 g/mol. The van der Waals surface area contributed by atoms with Crippen LogP contribution in [-0.2, 0) is 16.0 Å². The third-order valence-corrected chi connectivity index (χ3v) is 3.99. The van der Waals surface area contributed by atoms with Gasteiger partial charge < -0.3 is 15.4 Å². The lowest BCUT2D eigenvalue weighted by Gasteiger charge is -2.22. The third-order valence-electron chi connectivity index (χ3n) is 3.99. The van der Waals surface area contributed by atoms with Crippen LogP contribution in [0, 0.1) is 5.92 Å². The molecule has 0 aromatic heterocycles. The summed E-state index contributed by atoms with van der Waals surface area (Å²) in [4.78, 5) is 23.9. The maximum absolute atomic E-state index is 12.1. The van der Waals surface area contributed by atoms with Gasteiger partial charge in [-0.05, 0) is 36.5 Å². The second-order valence-electron chi connectivity index (χ2n) is 5.79. The quantitative estimate of drug-likeness (QED) is 0.717. The number of esters is 1. The van der Waals surface area contributed by atoms with Crippen molar-refractivity contribution in [3.05, 3.63) is 29.8 Å². The van der Waals surface area contributed by atoms with E-state index >= 15 is 0 Å². The van der Waals surface area contributed by atoms with Crippen LogP contribution in [0.25, 0.3) is 0 Å². The zero-order chi connectivity index (χ0) is 17.2. The van der Waals surface area contributed by atoms with Gasteiger partial charge in [0, 0.05) is 5.69 Å². The lowest BCUT2D eigenvalue weighted by molar-refractivity contribution is -0.144. The van der Waals surface area contributed by atoms with E-state index in [-0.39, 0.29) is 5.92 Å². The Bertz CT molecular complexity index is 499. The van der Waals surface area contributed by atoms with Crippen LogP contribution in [0.15, 0.2) is 24.3 Å². The molecule has 1 aromatic carbocycles. The highest BCUT2D eigenvalue weighted by atomic mass is 16.5. The number of benzene rings is 1. The van der Waals surface area contributed by atoms with Gasteiger partial charge in [-0.1, -0.05) is 45.7 Å². The molecule has 128 valence electrons. The second-order valence-corrected chi connectivity index (χ2v) is 5.79. The van der Waals surface area contributed by atoms with Crippen molar-refractivity contribution in [2.24, 2.45) is 5.92 Å². The number of ether oxygens (including phenoxy) is 1. The summed E-state index contributed by atoms with van der Waals surface area (Å²) in [6, 6.07) is 6.73. The summed E-state index contributed by atoms with van der Waals surface area (Å²) in [6.45, 7) is 6.04. The summed E-state index contributed by atoms with van der Waals surface area (Å²) in [5.41, 5.74) is 1.96. The standard InChI is InChI=1S/C18H28N2O3/c1-5-7-8-14-9-11-15(12-10-14)19-18(22)20-16(13(3)6-2)17(21)23-4/h9-13,16H,5-8H2,1-4H3,(H2,19,20,22). The highest BCUT2D eigenvalue weighted by Crippen LogP contribution is 2.13. The van der Waals surface area contributed by atoms with Crippen LogP contribution in [0.5, 0.6) is 0 Å². The van der Waals surface area contributed by atoms with Crippen LogP contribution in [0.2, 0.25) is 0 Å². The molecule has 0 heterocycles. The number of carbonyl (C=O) groups excluding carboxylic acids is 2. The average Bonchev–Trinajstić information content (AvgIpc) is 2.57. The van der Waals surface area contributed by atoms with Crippen molar-refractivity contribution >= 4 is 17.7 Å². The lowest BCUT2D eigenvalue weighted by Crippen LogP contribution is -2.47. The van der Waals surface area contributed by atoms with Gasteiger partial charge in [0.05, 0.1) is 7.11 Å². The minimum Gasteiger partial charge on any atom is -0.467 e. The molecule has 0 aliphatic rings. The molecule has 0 aliphatic carbocycles. The zero-order valence-electron chi connectivity index (χ0n) is 14.5. The van der Waals surface area contributed by atoms with Crippen molar-refractivity contribution in [1.82, 2.24) is 5.32 Å². The van der Waals surface area contributed by atoms with Gasteiger partial charge in [0.2, 0.25) is 0 Å². The molecule has 5 nitrogen and oxygen atoms in total. The normalized spacial score (nSPS) is 13.0. The molecule has 2 atom stereocenters. The number of urea groups is 1. The topological polar surface area (TPSA) is 67.4 Å². The van der Waals surface area contributed by atoms with Gasteiger partial charge in [-0.25, -0.2) is 9.59 Å². The molecular formula is C18H28N2O3. The van der Waals surface area contributed by atoms with E-state index in [4.69, 9.17) is 4.74 Å². The summed E-state index contributed by atoms with van der Waals surface area (Å²) in [5.74, 6) is -0.422. The van der Waals surface area contributed by atoms with Crippen LogP contribution in [-0.4, -0.2) is 25.2 Å². The number of methoxy groups -OCH3 is 1. The smallest absolute Gasteiger partial charge is 0.328 e. The predicted octanol–water partition coefficient (Wildman–Crippen LogP) is 3.74. The van der Waals surface area contributed by atoms with E-state index in [9.17, 15) is 9.59 Å². The molecule has 0 bridgehead atoms. The summed E-state index contributed by atoms with van der Waals surface area (Å²) >= 11 is 0. The predicted molar refractivity (Wildman–Crippen MR) is 92.5 cm³/mol. The van der Waals surface area contributed by atoms with Crippen LogP contribution >= 0.6 is 0 Å². The fraction of sp³-hybridized carbons (Fsp3) is 0.556. The molecule has 2 N–H and O–H groups in total. The number of anilines is 1. The lowest BCUT2D eigenvalue weighted by atomic mass is 9.99. The first kappa shape index (κ1) is 19.0. The molecule has 0 saturated heterocycles. The van der Waals surface area contributed by atoms with Crippen molar-refractivity contribution in [2.75, 3.05) is 12.4 Å². The minimum atomic E-state index is -0.645. The first-order valence-corrected chi connectivity index (χ1v) is 8.26. The van der Waals surface area contributed by atoms with Crippen LogP contribution in [0.3, 0.4) is 0 Å². The van der Waals surface area contributed by atoms with Crippen LogP contribution in [0.4, 0.5) is 10.5 Å².